The number of rotatable bonds is 6. The third-order valence-electron chi connectivity index (χ3n) is 3.16. The van der Waals surface area contributed by atoms with Crippen LogP contribution in [0.25, 0.3) is 0 Å². The maximum Gasteiger partial charge on any atom is 0.191 e. The minimum absolute atomic E-state index is 0. The average molecular weight is 395 g/mol. The van der Waals surface area contributed by atoms with Crippen LogP contribution in [0.5, 0.6) is 0 Å². The maximum absolute atomic E-state index is 4.25. The number of aliphatic imine (C=N–C) groups is 1. The highest BCUT2D eigenvalue weighted by Crippen LogP contribution is 2.14. The highest BCUT2D eigenvalue weighted by atomic mass is 127. The van der Waals surface area contributed by atoms with E-state index in [9.17, 15) is 0 Å². The van der Waals surface area contributed by atoms with Gasteiger partial charge < -0.3 is 10.6 Å². The van der Waals surface area contributed by atoms with E-state index in [1.165, 1.54) is 22.6 Å². The molecule has 0 spiro atoms. The van der Waals surface area contributed by atoms with Crippen molar-refractivity contribution < 1.29 is 0 Å². The molecule has 1 rings (SSSR count). The summed E-state index contributed by atoms with van der Waals surface area (Å²) in [6.45, 7) is 8.45. The zero-order valence-corrected chi connectivity index (χ0v) is 15.5. The van der Waals surface area contributed by atoms with Gasteiger partial charge in [-0.05, 0) is 25.0 Å². The van der Waals surface area contributed by atoms with E-state index in [2.05, 4.69) is 48.5 Å². The second kappa shape index (κ2) is 10.5. The molecule has 1 heterocycles. The molecule has 0 fully saturated rings. The lowest BCUT2D eigenvalue weighted by atomic mass is 10.0. The number of hydrogen-bond acceptors (Lipinski definition) is 2. The van der Waals surface area contributed by atoms with Gasteiger partial charge >= 0.3 is 0 Å². The summed E-state index contributed by atoms with van der Waals surface area (Å²) >= 11 is 1.83. The van der Waals surface area contributed by atoms with Gasteiger partial charge in [-0.15, -0.1) is 35.3 Å². The molecular formula is C14H26IN3S. The van der Waals surface area contributed by atoms with E-state index in [0.717, 1.165) is 25.0 Å². The first-order valence-electron chi connectivity index (χ1n) is 6.69. The molecule has 1 aromatic heterocycles. The Bertz CT molecular complexity index is 373. The van der Waals surface area contributed by atoms with Gasteiger partial charge in [-0.25, -0.2) is 0 Å². The quantitative estimate of drug-likeness (QED) is 0.437. The lowest BCUT2D eigenvalue weighted by Gasteiger charge is -2.16. The summed E-state index contributed by atoms with van der Waals surface area (Å²) in [6, 6.07) is 4.32. The lowest BCUT2D eigenvalue weighted by Crippen LogP contribution is -2.39. The number of hydrogen-bond donors (Lipinski definition) is 2. The summed E-state index contributed by atoms with van der Waals surface area (Å²) in [4.78, 5) is 6.95. The van der Waals surface area contributed by atoms with Gasteiger partial charge in [0.25, 0.3) is 0 Å². The normalized spacial score (nSPS) is 11.3. The Hall–Kier alpha value is -0.300. The molecule has 2 N–H and O–H groups in total. The van der Waals surface area contributed by atoms with Crippen LogP contribution in [0, 0.1) is 12.8 Å². The van der Waals surface area contributed by atoms with Gasteiger partial charge in [0, 0.05) is 23.3 Å². The van der Waals surface area contributed by atoms with Crippen LogP contribution >= 0.6 is 35.3 Å². The molecule has 0 aliphatic carbocycles. The van der Waals surface area contributed by atoms with Crippen LogP contribution in [-0.2, 0) is 6.54 Å². The second-order valence-corrected chi connectivity index (χ2v) is 5.87. The predicted octanol–water partition coefficient (Wildman–Crippen LogP) is 3.78. The topological polar surface area (TPSA) is 36.4 Å². The average Bonchev–Trinajstić information content (AvgIpc) is 2.80. The Kier molecular flexibility index (Phi) is 10.3. The number of aryl methyl sites for hydroxylation is 1. The second-order valence-electron chi connectivity index (χ2n) is 4.50. The summed E-state index contributed by atoms with van der Waals surface area (Å²) in [7, 11) is 1.82. The summed E-state index contributed by atoms with van der Waals surface area (Å²) in [5, 5.41) is 6.74. The molecule has 19 heavy (non-hydrogen) atoms. The highest BCUT2D eigenvalue weighted by molar-refractivity contribution is 14.0. The third kappa shape index (κ3) is 7.15. The Labute approximate surface area is 138 Å². The van der Waals surface area contributed by atoms with E-state index in [4.69, 9.17) is 0 Å². The van der Waals surface area contributed by atoms with Crippen LogP contribution in [0.2, 0.25) is 0 Å². The number of thiophene rings is 1. The van der Waals surface area contributed by atoms with E-state index in [-0.39, 0.29) is 24.0 Å². The maximum atomic E-state index is 4.25. The van der Waals surface area contributed by atoms with E-state index >= 15 is 0 Å². The van der Waals surface area contributed by atoms with Gasteiger partial charge in [0.1, 0.15) is 0 Å². The fraction of sp³-hybridized carbons (Fsp3) is 0.643. The highest BCUT2D eigenvalue weighted by Gasteiger charge is 2.05. The Morgan fingerprint density at radius 2 is 1.95 bits per heavy atom. The standard InChI is InChI=1S/C14H25N3S.HI/c1-5-12(6-2)9-16-14(15-4)17-10-13-8-7-11(3)18-13;/h7-8,12H,5-6,9-10H2,1-4H3,(H2,15,16,17);1H. The zero-order chi connectivity index (χ0) is 13.4. The van der Waals surface area contributed by atoms with Gasteiger partial charge in [0.2, 0.25) is 0 Å². The lowest BCUT2D eigenvalue weighted by molar-refractivity contribution is 0.481. The molecule has 110 valence electrons. The molecule has 0 bridgehead atoms. The Morgan fingerprint density at radius 3 is 2.42 bits per heavy atom. The minimum Gasteiger partial charge on any atom is -0.356 e. The first-order chi connectivity index (χ1) is 8.69. The predicted molar refractivity (Wildman–Crippen MR) is 96.7 cm³/mol. The summed E-state index contributed by atoms with van der Waals surface area (Å²) in [5.41, 5.74) is 0. The van der Waals surface area contributed by atoms with E-state index < -0.39 is 0 Å². The molecule has 3 nitrogen and oxygen atoms in total. The van der Waals surface area contributed by atoms with Crippen molar-refractivity contribution in [2.75, 3.05) is 13.6 Å². The van der Waals surface area contributed by atoms with Crippen molar-refractivity contribution in [1.82, 2.24) is 10.6 Å². The molecule has 0 atom stereocenters. The Morgan fingerprint density at radius 1 is 1.26 bits per heavy atom. The number of halogens is 1. The van der Waals surface area contributed by atoms with E-state index in [0.29, 0.717) is 0 Å². The molecule has 0 unspecified atom stereocenters. The van der Waals surface area contributed by atoms with Crippen molar-refractivity contribution >= 4 is 41.3 Å². The van der Waals surface area contributed by atoms with Crippen LogP contribution in [-0.4, -0.2) is 19.6 Å². The van der Waals surface area contributed by atoms with Crippen molar-refractivity contribution in [3.8, 4) is 0 Å². The fourth-order valence-corrected chi connectivity index (χ4v) is 2.62. The van der Waals surface area contributed by atoms with Crippen molar-refractivity contribution in [3.63, 3.8) is 0 Å². The summed E-state index contributed by atoms with van der Waals surface area (Å²) in [5.74, 6) is 1.63. The minimum atomic E-state index is 0. The number of nitrogens with one attached hydrogen (secondary N) is 2. The van der Waals surface area contributed by atoms with Crippen molar-refractivity contribution in [2.45, 2.75) is 40.2 Å². The van der Waals surface area contributed by atoms with Crippen LogP contribution in [0.3, 0.4) is 0 Å². The molecule has 0 aliphatic rings. The molecule has 0 aliphatic heterocycles. The molecule has 5 heteroatoms. The van der Waals surface area contributed by atoms with Gasteiger partial charge in [-0.1, -0.05) is 26.7 Å². The molecule has 1 aromatic rings. The monoisotopic (exact) mass is 395 g/mol. The van der Waals surface area contributed by atoms with Crippen LogP contribution in [0.1, 0.15) is 36.4 Å². The summed E-state index contributed by atoms with van der Waals surface area (Å²) < 4.78 is 0. The molecule has 0 radical (unpaired) electrons. The fourth-order valence-electron chi connectivity index (χ4n) is 1.79. The van der Waals surface area contributed by atoms with Crippen LogP contribution in [0.15, 0.2) is 17.1 Å². The molecular weight excluding hydrogens is 369 g/mol. The molecule has 0 saturated heterocycles. The van der Waals surface area contributed by atoms with Gasteiger partial charge in [-0.2, -0.15) is 0 Å². The number of nitrogens with zero attached hydrogens (tertiary/aromatic N) is 1. The van der Waals surface area contributed by atoms with E-state index in [1.807, 2.05) is 18.4 Å². The molecule has 0 saturated carbocycles. The SMILES string of the molecule is CCC(CC)CNC(=NC)NCc1ccc(C)s1.I. The first kappa shape index (κ1) is 18.7. The third-order valence-corrected chi connectivity index (χ3v) is 4.16. The Balaban J connectivity index is 0.00000324. The van der Waals surface area contributed by atoms with Crippen molar-refractivity contribution in [1.29, 1.82) is 0 Å². The van der Waals surface area contributed by atoms with Crippen molar-refractivity contribution in [2.24, 2.45) is 10.9 Å². The van der Waals surface area contributed by atoms with Gasteiger partial charge in [-0.3, -0.25) is 4.99 Å². The largest absolute Gasteiger partial charge is 0.356 e. The smallest absolute Gasteiger partial charge is 0.191 e. The van der Waals surface area contributed by atoms with Gasteiger partial charge in [0.15, 0.2) is 5.96 Å². The zero-order valence-electron chi connectivity index (χ0n) is 12.3. The summed E-state index contributed by atoms with van der Waals surface area (Å²) in [6.07, 6.45) is 2.43. The van der Waals surface area contributed by atoms with Crippen molar-refractivity contribution in [3.05, 3.63) is 21.9 Å². The molecule has 0 aromatic carbocycles. The first-order valence-corrected chi connectivity index (χ1v) is 7.51. The van der Waals surface area contributed by atoms with Crippen LogP contribution < -0.4 is 10.6 Å². The van der Waals surface area contributed by atoms with Crippen LogP contribution in [0.4, 0.5) is 0 Å². The molecule has 0 amide bonds. The van der Waals surface area contributed by atoms with Gasteiger partial charge in [0.05, 0.1) is 6.54 Å². The van der Waals surface area contributed by atoms with E-state index in [1.54, 1.807) is 0 Å². The number of guanidine groups is 1.